The number of fused-ring (bicyclic) bond motifs is 3. The molecule has 1 aliphatic heterocycles. The molecule has 3 rings (SSSR count). The number of rotatable bonds is 7. The Labute approximate surface area is 161 Å². The van der Waals surface area contributed by atoms with Gasteiger partial charge in [0.1, 0.15) is 5.56 Å². The largest absolute Gasteiger partial charge is 0.488 e. The van der Waals surface area contributed by atoms with Crippen LogP contribution in [0.5, 0.6) is 5.75 Å². The third-order valence-electron chi connectivity index (χ3n) is 4.96. The molecule has 0 aromatic carbocycles. The molecule has 0 radical (unpaired) electrons. The highest BCUT2D eigenvalue weighted by Gasteiger charge is 2.29. The minimum atomic E-state index is -1.26. The predicted molar refractivity (Wildman–Crippen MR) is 103 cm³/mol. The first-order valence-electron chi connectivity index (χ1n) is 9.21. The minimum absolute atomic E-state index is 0.0477. The van der Waals surface area contributed by atoms with E-state index in [4.69, 9.17) is 9.47 Å². The summed E-state index contributed by atoms with van der Waals surface area (Å²) in [6.07, 6.45) is 2.63. The molecule has 2 aromatic rings. The summed E-state index contributed by atoms with van der Waals surface area (Å²) in [7, 11) is 1.60. The molecule has 0 bridgehead atoms. The van der Waals surface area contributed by atoms with Gasteiger partial charge in [0.15, 0.2) is 11.2 Å². The summed E-state index contributed by atoms with van der Waals surface area (Å²) in [5.74, 6) is -0.841. The van der Waals surface area contributed by atoms with E-state index in [2.05, 4.69) is 4.98 Å². The number of nitrogens with one attached hydrogen (secondary N) is 1. The van der Waals surface area contributed by atoms with Crippen molar-refractivity contribution in [2.45, 2.75) is 32.7 Å². The SMILES string of the molecule is COCCCOc1cc2c([nH]c1=O)-c1cc(=O)c(C(=O)O)cn1C(C(C)C)C2. The van der Waals surface area contributed by atoms with Gasteiger partial charge in [0.2, 0.25) is 0 Å². The first kappa shape index (κ1) is 19.9. The van der Waals surface area contributed by atoms with Crippen molar-refractivity contribution in [3.63, 3.8) is 0 Å². The number of carbonyl (C=O) groups is 1. The van der Waals surface area contributed by atoms with Crippen LogP contribution < -0.4 is 15.7 Å². The normalized spacial score (nSPS) is 15.2. The van der Waals surface area contributed by atoms with E-state index in [-0.39, 0.29) is 28.8 Å². The van der Waals surface area contributed by atoms with Crippen molar-refractivity contribution >= 4 is 5.97 Å². The van der Waals surface area contributed by atoms with Gasteiger partial charge in [0.25, 0.3) is 5.56 Å². The summed E-state index contributed by atoms with van der Waals surface area (Å²) in [4.78, 5) is 38.9. The molecule has 1 atom stereocenters. The Balaban J connectivity index is 2.08. The van der Waals surface area contributed by atoms with Crippen LogP contribution in [0.1, 0.15) is 42.2 Å². The van der Waals surface area contributed by atoms with Crippen LogP contribution in [0.15, 0.2) is 27.9 Å². The maximum Gasteiger partial charge on any atom is 0.341 e. The second-order valence-corrected chi connectivity index (χ2v) is 7.22. The van der Waals surface area contributed by atoms with Gasteiger partial charge in [-0.25, -0.2) is 4.79 Å². The van der Waals surface area contributed by atoms with E-state index in [1.54, 1.807) is 17.7 Å². The van der Waals surface area contributed by atoms with Gasteiger partial charge in [-0.2, -0.15) is 0 Å². The lowest BCUT2D eigenvalue weighted by Gasteiger charge is -2.33. The number of nitrogens with zero attached hydrogens (tertiary/aromatic N) is 1. The lowest BCUT2D eigenvalue weighted by Crippen LogP contribution is -2.30. The lowest BCUT2D eigenvalue weighted by molar-refractivity contribution is 0.0694. The lowest BCUT2D eigenvalue weighted by atomic mass is 9.89. The van der Waals surface area contributed by atoms with Gasteiger partial charge < -0.3 is 24.1 Å². The van der Waals surface area contributed by atoms with E-state index < -0.39 is 11.4 Å². The van der Waals surface area contributed by atoms with Crippen LogP contribution in [-0.4, -0.2) is 41.0 Å². The number of hydrogen-bond acceptors (Lipinski definition) is 5. The van der Waals surface area contributed by atoms with Crippen molar-refractivity contribution in [3.05, 3.63) is 50.0 Å². The number of aromatic amines is 1. The van der Waals surface area contributed by atoms with Gasteiger partial charge >= 0.3 is 5.97 Å². The maximum absolute atomic E-state index is 12.4. The first-order chi connectivity index (χ1) is 13.3. The second-order valence-electron chi connectivity index (χ2n) is 7.22. The highest BCUT2D eigenvalue weighted by atomic mass is 16.5. The number of aromatic carboxylic acids is 1. The van der Waals surface area contributed by atoms with Crippen molar-refractivity contribution in [2.75, 3.05) is 20.3 Å². The van der Waals surface area contributed by atoms with Gasteiger partial charge in [0, 0.05) is 38.4 Å². The van der Waals surface area contributed by atoms with Crippen LogP contribution in [0.3, 0.4) is 0 Å². The van der Waals surface area contributed by atoms with E-state index >= 15 is 0 Å². The van der Waals surface area contributed by atoms with E-state index in [1.165, 1.54) is 12.3 Å². The number of ether oxygens (including phenoxy) is 2. The molecule has 8 nitrogen and oxygen atoms in total. The van der Waals surface area contributed by atoms with Crippen molar-refractivity contribution in [1.82, 2.24) is 9.55 Å². The Morgan fingerprint density at radius 3 is 2.71 bits per heavy atom. The van der Waals surface area contributed by atoms with Gasteiger partial charge in [-0.15, -0.1) is 0 Å². The van der Waals surface area contributed by atoms with Crippen molar-refractivity contribution in [1.29, 1.82) is 0 Å². The molecule has 0 saturated carbocycles. The van der Waals surface area contributed by atoms with Gasteiger partial charge in [0.05, 0.1) is 18.0 Å². The van der Waals surface area contributed by atoms with E-state index in [9.17, 15) is 19.5 Å². The molecule has 0 spiro atoms. The molecule has 28 heavy (non-hydrogen) atoms. The van der Waals surface area contributed by atoms with Crippen LogP contribution in [0, 0.1) is 5.92 Å². The fourth-order valence-electron chi connectivity index (χ4n) is 3.50. The Hall–Kier alpha value is -2.87. The average Bonchev–Trinajstić information content (AvgIpc) is 2.64. The third kappa shape index (κ3) is 3.73. The first-order valence-corrected chi connectivity index (χ1v) is 9.21. The van der Waals surface area contributed by atoms with Crippen molar-refractivity contribution in [2.24, 2.45) is 5.92 Å². The van der Waals surface area contributed by atoms with Crippen LogP contribution >= 0.6 is 0 Å². The average molecular weight is 388 g/mol. The molecule has 0 aliphatic carbocycles. The Morgan fingerprint density at radius 2 is 2.07 bits per heavy atom. The summed E-state index contributed by atoms with van der Waals surface area (Å²) >= 11 is 0. The summed E-state index contributed by atoms with van der Waals surface area (Å²) in [5.41, 5.74) is 0.647. The van der Waals surface area contributed by atoms with Crippen LogP contribution in [-0.2, 0) is 11.2 Å². The molecule has 2 N–H and O–H groups in total. The Morgan fingerprint density at radius 1 is 1.32 bits per heavy atom. The topological polar surface area (TPSA) is 111 Å². The smallest absolute Gasteiger partial charge is 0.341 e. The summed E-state index contributed by atoms with van der Waals surface area (Å²) in [6, 6.07) is 2.95. The third-order valence-corrected chi connectivity index (χ3v) is 4.96. The minimum Gasteiger partial charge on any atom is -0.488 e. The fourth-order valence-corrected chi connectivity index (χ4v) is 3.50. The van der Waals surface area contributed by atoms with Gasteiger partial charge in [-0.1, -0.05) is 13.8 Å². The number of hydrogen-bond donors (Lipinski definition) is 2. The number of carboxylic acids is 1. The van der Waals surface area contributed by atoms with E-state index in [0.29, 0.717) is 37.4 Å². The molecule has 8 heteroatoms. The summed E-state index contributed by atoms with van der Waals surface area (Å²) in [5, 5.41) is 9.29. The molecule has 0 amide bonds. The van der Waals surface area contributed by atoms with E-state index in [1.807, 2.05) is 13.8 Å². The predicted octanol–water partition coefficient (Wildman–Crippen LogP) is 2.07. The molecule has 0 fully saturated rings. The van der Waals surface area contributed by atoms with Gasteiger partial charge in [-0.05, 0) is 24.0 Å². The quantitative estimate of drug-likeness (QED) is 0.703. The number of pyridine rings is 2. The summed E-state index contributed by atoms with van der Waals surface area (Å²) in [6.45, 7) is 4.97. The zero-order chi connectivity index (χ0) is 20.4. The zero-order valence-corrected chi connectivity index (χ0v) is 16.2. The highest BCUT2D eigenvalue weighted by Crippen LogP contribution is 2.36. The monoisotopic (exact) mass is 388 g/mol. The van der Waals surface area contributed by atoms with Crippen molar-refractivity contribution < 1.29 is 19.4 Å². The molecular formula is C20H24N2O6. The number of methoxy groups -OCH3 is 1. The fraction of sp³-hybridized carbons (Fsp3) is 0.450. The molecule has 1 aliphatic rings. The Kier molecular flexibility index (Phi) is 5.69. The molecule has 150 valence electrons. The standard InChI is InChI=1S/C20H24N2O6/c1-11(2)14-7-12-8-17(28-6-4-5-27-3)19(24)21-18(12)15-9-16(23)13(20(25)26)10-22(14)15/h8-11,14H,4-7H2,1-3H3,(H,21,24)(H,25,26). The summed E-state index contributed by atoms with van der Waals surface area (Å²) < 4.78 is 12.4. The van der Waals surface area contributed by atoms with Crippen LogP contribution in [0.2, 0.25) is 0 Å². The number of aromatic nitrogens is 2. The molecule has 3 heterocycles. The number of H-pyrrole nitrogens is 1. The molecule has 0 saturated heterocycles. The second kappa shape index (κ2) is 8.02. The zero-order valence-electron chi connectivity index (χ0n) is 16.2. The Bertz CT molecular complexity index is 1000. The molecule has 2 aromatic heterocycles. The highest BCUT2D eigenvalue weighted by molar-refractivity contribution is 5.87. The van der Waals surface area contributed by atoms with E-state index in [0.717, 1.165) is 5.56 Å². The van der Waals surface area contributed by atoms with Crippen LogP contribution in [0.25, 0.3) is 11.4 Å². The molecular weight excluding hydrogens is 364 g/mol. The van der Waals surface area contributed by atoms with Crippen molar-refractivity contribution in [3.8, 4) is 17.1 Å². The van der Waals surface area contributed by atoms with Gasteiger partial charge in [-0.3, -0.25) is 9.59 Å². The maximum atomic E-state index is 12.4. The molecule has 1 unspecified atom stereocenters. The number of carboxylic acid groups (broad SMARTS) is 1. The van der Waals surface area contributed by atoms with Crippen LogP contribution in [0.4, 0.5) is 0 Å².